The predicted molar refractivity (Wildman–Crippen MR) is 64.2 cm³/mol. The van der Waals surface area contributed by atoms with Crippen LogP contribution >= 0.6 is 0 Å². The van der Waals surface area contributed by atoms with Crippen molar-refractivity contribution in [3.05, 3.63) is 6.20 Å². The zero-order valence-electron chi connectivity index (χ0n) is 11.0. The van der Waals surface area contributed by atoms with Crippen LogP contribution in [0, 0.1) is 5.92 Å². The molecule has 0 amide bonds. The van der Waals surface area contributed by atoms with Crippen molar-refractivity contribution >= 4 is 11.8 Å². The Balaban J connectivity index is 2.91. The first kappa shape index (κ1) is 13.5. The summed E-state index contributed by atoms with van der Waals surface area (Å²) in [7, 11) is 0. The second-order valence-electron chi connectivity index (χ2n) is 5.31. The smallest absolute Gasteiger partial charge is 0.333 e. The first-order valence-electron chi connectivity index (χ1n) is 5.61. The van der Waals surface area contributed by atoms with Gasteiger partial charge in [-0.1, -0.05) is 13.8 Å². The van der Waals surface area contributed by atoms with E-state index in [0.717, 1.165) is 0 Å². The number of hydrogen-bond donors (Lipinski definition) is 1. The molecule has 1 heterocycles. The summed E-state index contributed by atoms with van der Waals surface area (Å²) >= 11 is 0. The largest absolute Gasteiger partial charge is 0.458 e. The highest BCUT2D eigenvalue weighted by Gasteiger charge is 2.30. The highest BCUT2D eigenvalue weighted by atomic mass is 16.6. The molecule has 17 heavy (non-hydrogen) atoms. The summed E-state index contributed by atoms with van der Waals surface area (Å²) in [5, 5.41) is 7.93. The fourth-order valence-electron chi connectivity index (χ4n) is 1.42. The van der Waals surface area contributed by atoms with Crippen LogP contribution in [0.2, 0.25) is 0 Å². The number of esters is 1. The quantitative estimate of drug-likeness (QED) is 0.807. The minimum atomic E-state index is -0.550. The van der Waals surface area contributed by atoms with E-state index in [4.69, 9.17) is 10.5 Å². The maximum Gasteiger partial charge on any atom is 0.333 e. The average molecular weight is 240 g/mol. The molecule has 0 bridgehead atoms. The zero-order chi connectivity index (χ0) is 13.2. The predicted octanol–water partition coefficient (Wildman–Crippen LogP) is 1.40. The van der Waals surface area contributed by atoms with Crippen LogP contribution in [0.15, 0.2) is 6.20 Å². The molecule has 0 spiro atoms. The maximum atomic E-state index is 12.0. The van der Waals surface area contributed by atoms with Crippen molar-refractivity contribution in [3.63, 3.8) is 0 Å². The standard InChI is InChI=1S/C11H20N4O2/c1-7(2)9(10(16)17-11(3,4)5)15-13-6-8(12)14-15/h6-7,9H,1-5H3,(H2,12,14). The molecule has 0 aliphatic carbocycles. The Kier molecular flexibility index (Phi) is 3.75. The molecule has 1 atom stereocenters. The number of ether oxygens (including phenoxy) is 1. The van der Waals surface area contributed by atoms with Gasteiger partial charge in [0.05, 0.1) is 6.20 Å². The minimum absolute atomic E-state index is 0.0247. The summed E-state index contributed by atoms with van der Waals surface area (Å²) in [5.41, 5.74) is 4.97. The lowest BCUT2D eigenvalue weighted by molar-refractivity contribution is -0.161. The molecule has 0 fully saturated rings. The number of rotatable bonds is 3. The SMILES string of the molecule is CC(C)C(C(=O)OC(C)(C)C)n1ncc(N)n1. The molecule has 0 radical (unpaired) electrons. The number of carbonyl (C=O) groups is 1. The molecule has 6 nitrogen and oxygen atoms in total. The van der Waals surface area contributed by atoms with Crippen LogP contribution in [0.3, 0.4) is 0 Å². The van der Waals surface area contributed by atoms with Crippen LogP contribution in [-0.2, 0) is 9.53 Å². The lowest BCUT2D eigenvalue weighted by Gasteiger charge is -2.25. The third-order valence-corrected chi connectivity index (χ3v) is 2.05. The highest BCUT2D eigenvalue weighted by molar-refractivity contribution is 5.74. The van der Waals surface area contributed by atoms with Crippen LogP contribution in [0.5, 0.6) is 0 Å². The maximum absolute atomic E-state index is 12.0. The van der Waals surface area contributed by atoms with E-state index < -0.39 is 11.6 Å². The van der Waals surface area contributed by atoms with Crippen molar-refractivity contribution < 1.29 is 9.53 Å². The van der Waals surface area contributed by atoms with Gasteiger partial charge < -0.3 is 10.5 Å². The molecular weight excluding hydrogens is 220 g/mol. The van der Waals surface area contributed by atoms with Crippen LogP contribution < -0.4 is 5.73 Å². The molecule has 1 aromatic rings. The Bertz CT molecular complexity index is 392. The number of nitrogens with two attached hydrogens (primary N) is 1. The van der Waals surface area contributed by atoms with Crippen LogP contribution in [0.4, 0.5) is 5.82 Å². The number of nitrogen functional groups attached to an aromatic ring is 1. The van der Waals surface area contributed by atoms with Crippen LogP contribution in [0.1, 0.15) is 40.7 Å². The molecule has 1 aromatic heterocycles. The minimum Gasteiger partial charge on any atom is -0.458 e. The fourth-order valence-corrected chi connectivity index (χ4v) is 1.42. The van der Waals surface area contributed by atoms with Gasteiger partial charge in [0, 0.05) is 0 Å². The normalized spacial score (nSPS) is 13.8. The summed E-state index contributed by atoms with van der Waals surface area (Å²) in [4.78, 5) is 13.4. The van der Waals surface area contributed by atoms with Gasteiger partial charge in [0.2, 0.25) is 0 Å². The second kappa shape index (κ2) is 4.73. The Morgan fingerprint density at radius 3 is 2.41 bits per heavy atom. The lowest BCUT2D eigenvalue weighted by Crippen LogP contribution is -2.34. The summed E-state index contributed by atoms with van der Waals surface area (Å²) in [6.07, 6.45) is 1.42. The van der Waals surface area contributed by atoms with Gasteiger partial charge in [0.1, 0.15) is 5.60 Å². The molecule has 0 aromatic carbocycles. The van der Waals surface area contributed by atoms with Gasteiger partial charge in [-0.3, -0.25) is 0 Å². The van der Waals surface area contributed by atoms with E-state index in [1.165, 1.54) is 11.0 Å². The Labute approximate surface area is 101 Å². The molecule has 0 aliphatic heterocycles. The van der Waals surface area contributed by atoms with Crippen LogP contribution in [0.25, 0.3) is 0 Å². The van der Waals surface area contributed by atoms with Gasteiger partial charge in [-0.2, -0.15) is 9.90 Å². The molecule has 1 rings (SSSR count). The summed E-state index contributed by atoms with van der Waals surface area (Å²) in [6.45, 7) is 9.30. The monoisotopic (exact) mass is 240 g/mol. The Hall–Kier alpha value is -1.59. The van der Waals surface area contributed by atoms with Gasteiger partial charge in [0.15, 0.2) is 11.9 Å². The Morgan fingerprint density at radius 2 is 2.06 bits per heavy atom. The number of carbonyl (C=O) groups excluding carboxylic acids is 1. The van der Waals surface area contributed by atoms with E-state index >= 15 is 0 Å². The molecule has 0 aliphatic rings. The number of hydrogen-bond acceptors (Lipinski definition) is 5. The first-order chi connectivity index (χ1) is 7.70. The van der Waals surface area contributed by atoms with E-state index in [2.05, 4.69) is 10.2 Å². The average Bonchev–Trinajstić information content (AvgIpc) is 2.47. The summed E-state index contributed by atoms with van der Waals surface area (Å²) < 4.78 is 5.34. The highest BCUT2D eigenvalue weighted by Crippen LogP contribution is 2.21. The van der Waals surface area contributed by atoms with Gasteiger partial charge in [-0.25, -0.2) is 4.79 Å². The van der Waals surface area contributed by atoms with E-state index in [1.54, 1.807) is 0 Å². The van der Waals surface area contributed by atoms with Crippen molar-refractivity contribution in [2.75, 3.05) is 5.73 Å². The van der Waals surface area contributed by atoms with Gasteiger partial charge >= 0.3 is 5.97 Å². The molecule has 0 saturated heterocycles. The number of nitrogens with zero attached hydrogens (tertiary/aromatic N) is 3. The van der Waals surface area contributed by atoms with Gasteiger partial charge in [-0.05, 0) is 26.7 Å². The van der Waals surface area contributed by atoms with E-state index in [-0.39, 0.29) is 11.9 Å². The summed E-state index contributed by atoms with van der Waals surface area (Å²) in [6, 6.07) is -0.550. The molecule has 2 N–H and O–H groups in total. The Morgan fingerprint density at radius 1 is 1.47 bits per heavy atom. The van der Waals surface area contributed by atoms with Crippen molar-refractivity contribution in [2.45, 2.75) is 46.3 Å². The van der Waals surface area contributed by atoms with Crippen molar-refractivity contribution in [1.29, 1.82) is 0 Å². The van der Waals surface area contributed by atoms with E-state index in [9.17, 15) is 4.79 Å². The number of aromatic nitrogens is 3. The lowest BCUT2D eigenvalue weighted by atomic mass is 10.1. The molecule has 6 heteroatoms. The molecule has 1 unspecified atom stereocenters. The van der Waals surface area contributed by atoms with Crippen molar-refractivity contribution in [1.82, 2.24) is 15.0 Å². The summed E-state index contributed by atoms with van der Waals surface area (Å²) in [5.74, 6) is -0.0287. The van der Waals surface area contributed by atoms with E-state index in [1.807, 2.05) is 34.6 Å². The van der Waals surface area contributed by atoms with Crippen molar-refractivity contribution in [3.8, 4) is 0 Å². The molecule has 0 saturated carbocycles. The molecular formula is C11H20N4O2. The third-order valence-electron chi connectivity index (χ3n) is 2.05. The van der Waals surface area contributed by atoms with Crippen molar-refractivity contribution in [2.24, 2.45) is 5.92 Å². The fraction of sp³-hybridized carbons (Fsp3) is 0.727. The van der Waals surface area contributed by atoms with Crippen LogP contribution in [-0.4, -0.2) is 26.6 Å². The topological polar surface area (TPSA) is 83.0 Å². The van der Waals surface area contributed by atoms with Gasteiger partial charge in [-0.15, -0.1) is 5.10 Å². The molecule has 96 valence electrons. The van der Waals surface area contributed by atoms with Gasteiger partial charge in [0.25, 0.3) is 0 Å². The third kappa shape index (κ3) is 3.72. The van der Waals surface area contributed by atoms with E-state index in [0.29, 0.717) is 5.82 Å². The number of anilines is 1. The second-order valence-corrected chi connectivity index (χ2v) is 5.31. The first-order valence-corrected chi connectivity index (χ1v) is 5.61. The zero-order valence-corrected chi connectivity index (χ0v) is 11.0.